The molecule has 0 amide bonds. The molecule has 3 heteroatoms. The van der Waals surface area contributed by atoms with E-state index in [4.69, 9.17) is 4.74 Å². The maximum Gasteiger partial charge on any atom is 0.323 e. The molecule has 1 saturated heterocycles. The summed E-state index contributed by atoms with van der Waals surface area (Å²) in [6, 6.07) is 0.00282. The van der Waals surface area contributed by atoms with Gasteiger partial charge in [0.25, 0.3) is 0 Å². The first-order chi connectivity index (χ1) is 7.79. The second-order valence-corrected chi connectivity index (χ2v) is 4.51. The number of carbonyl (C=O) groups excluding carboxylic acids is 1. The summed E-state index contributed by atoms with van der Waals surface area (Å²) in [4.78, 5) is 14.2. The molecule has 1 unspecified atom stereocenters. The average Bonchev–Trinajstić information content (AvgIpc) is 2.54. The van der Waals surface area contributed by atoms with E-state index in [2.05, 4.69) is 11.8 Å². The zero-order chi connectivity index (χ0) is 11.8. The van der Waals surface area contributed by atoms with Crippen LogP contribution >= 0.6 is 0 Å². The number of carbonyl (C=O) groups is 1. The maximum absolute atomic E-state index is 11.9. The summed E-state index contributed by atoms with van der Waals surface area (Å²) in [5.41, 5.74) is 0. The second kappa shape index (κ2) is 7.66. The first-order valence-electron chi connectivity index (χ1n) is 6.70. The van der Waals surface area contributed by atoms with Crippen LogP contribution in [0, 0.1) is 0 Å². The van der Waals surface area contributed by atoms with Crippen molar-refractivity contribution in [1.29, 1.82) is 0 Å². The highest BCUT2D eigenvalue weighted by Gasteiger charge is 2.26. The third kappa shape index (κ3) is 4.12. The van der Waals surface area contributed by atoms with Crippen LogP contribution in [0.1, 0.15) is 52.4 Å². The third-order valence-electron chi connectivity index (χ3n) is 3.20. The van der Waals surface area contributed by atoms with Crippen LogP contribution in [-0.2, 0) is 9.53 Å². The summed E-state index contributed by atoms with van der Waals surface area (Å²) in [5.74, 6) is -0.0220. The van der Waals surface area contributed by atoms with Gasteiger partial charge in [0.05, 0.1) is 6.61 Å². The molecule has 1 rings (SSSR count). The van der Waals surface area contributed by atoms with Crippen molar-refractivity contribution in [3.8, 4) is 0 Å². The van der Waals surface area contributed by atoms with Crippen molar-refractivity contribution in [2.24, 2.45) is 0 Å². The van der Waals surface area contributed by atoms with E-state index in [-0.39, 0.29) is 12.0 Å². The van der Waals surface area contributed by atoms with Crippen molar-refractivity contribution < 1.29 is 9.53 Å². The summed E-state index contributed by atoms with van der Waals surface area (Å²) in [5, 5.41) is 0. The molecule has 3 nitrogen and oxygen atoms in total. The lowest BCUT2D eigenvalue weighted by Gasteiger charge is -2.28. The number of nitrogens with zero attached hydrogens (tertiary/aromatic N) is 1. The van der Waals surface area contributed by atoms with Gasteiger partial charge in [0.1, 0.15) is 6.04 Å². The van der Waals surface area contributed by atoms with E-state index in [1.165, 1.54) is 25.7 Å². The normalized spacial score (nSPS) is 20.1. The van der Waals surface area contributed by atoms with Gasteiger partial charge in [-0.05, 0) is 39.3 Å². The molecule has 0 aromatic rings. The van der Waals surface area contributed by atoms with Gasteiger partial charge in [0, 0.05) is 0 Å². The molecule has 0 saturated carbocycles. The van der Waals surface area contributed by atoms with Crippen molar-refractivity contribution in [1.82, 2.24) is 4.90 Å². The van der Waals surface area contributed by atoms with Gasteiger partial charge in [-0.25, -0.2) is 0 Å². The standard InChI is InChI=1S/C13H25NO2/c1-3-9-12(13(15)16-4-2)14-10-7-5-6-8-11-14/h12H,3-11H2,1-2H3. The Bertz CT molecular complexity index is 198. The minimum atomic E-state index is -0.0220. The van der Waals surface area contributed by atoms with Crippen LogP contribution in [0.3, 0.4) is 0 Å². The summed E-state index contributed by atoms with van der Waals surface area (Å²) >= 11 is 0. The van der Waals surface area contributed by atoms with Gasteiger partial charge in [0.15, 0.2) is 0 Å². The van der Waals surface area contributed by atoms with Crippen molar-refractivity contribution >= 4 is 5.97 Å². The lowest BCUT2D eigenvalue weighted by molar-refractivity contribution is -0.149. The molecule has 1 fully saturated rings. The fourth-order valence-corrected chi connectivity index (χ4v) is 2.37. The smallest absolute Gasteiger partial charge is 0.323 e. The lowest BCUT2D eigenvalue weighted by Crippen LogP contribution is -2.42. The Kier molecular flexibility index (Phi) is 6.46. The second-order valence-electron chi connectivity index (χ2n) is 4.51. The van der Waals surface area contributed by atoms with Gasteiger partial charge in [0.2, 0.25) is 0 Å². The van der Waals surface area contributed by atoms with Crippen molar-refractivity contribution in [2.75, 3.05) is 19.7 Å². The van der Waals surface area contributed by atoms with Crippen LogP contribution in [0.15, 0.2) is 0 Å². The highest BCUT2D eigenvalue weighted by Crippen LogP contribution is 2.16. The van der Waals surface area contributed by atoms with E-state index in [0.29, 0.717) is 6.61 Å². The monoisotopic (exact) mass is 227 g/mol. The van der Waals surface area contributed by atoms with Crippen LogP contribution in [0.25, 0.3) is 0 Å². The highest BCUT2D eigenvalue weighted by molar-refractivity contribution is 5.75. The van der Waals surface area contributed by atoms with Crippen LogP contribution in [-0.4, -0.2) is 36.6 Å². The molecule has 0 aromatic heterocycles. The van der Waals surface area contributed by atoms with Crippen molar-refractivity contribution in [3.63, 3.8) is 0 Å². The Morgan fingerprint density at radius 1 is 1.19 bits per heavy atom. The molecule has 0 aromatic carbocycles. The first-order valence-corrected chi connectivity index (χ1v) is 6.70. The Balaban J connectivity index is 2.55. The van der Waals surface area contributed by atoms with Crippen LogP contribution in [0.4, 0.5) is 0 Å². The van der Waals surface area contributed by atoms with Gasteiger partial charge in [-0.1, -0.05) is 26.2 Å². The molecule has 1 atom stereocenters. The third-order valence-corrected chi connectivity index (χ3v) is 3.20. The minimum Gasteiger partial charge on any atom is -0.465 e. The Morgan fingerprint density at radius 3 is 2.31 bits per heavy atom. The van der Waals surface area contributed by atoms with Gasteiger partial charge >= 0.3 is 5.97 Å². The Hall–Kier alpha value is -0.570. The molecule has 0 N–H and O–H groups in total. The summed E-state index contributed by atoms with van der Waals surface area (Å²) in [6.45, 7) is 6.62. The quantitative estimate of drug-likeness (QED) is 0.676. The molecular formula is C13H25NO2. The zero-order valence-electron chi connectivity index (χ0n) is 10.7. The zero-order valence-corrected chi connectivity index (χ0v) is 10.7. The number of likely N-dealkylation sites (tertiary alicyclic amines) is 1. The number of esters is 1. The van der Waals surface area contributed by atoms with E-state index < -0.39 is 0 Å². The van der Waals surface area contributed by atoms with Gasteiger partial charge in [-0.2, -0.15) is 0 Å². The molecule has 1 aliphatic heterocycles. The predicted molar refractivity (Wildman–Crippen MR) is 65.4 cm³/mol. The molecular weight excluding hydrogens is 202 g/mol. The average molecular weight is 227 g/mol. The molecule has 1 aliphatic rings. The number of rotatable bonds is 5. The van der Waals surface area contributed by atoms with Crippen LogP contribution in [0.2, 0.25) is 0 Å². The molecule has 0 spiro atoms. The van der Waals surface area contributed by atoms with E-state index in [9.17, 15) is 4.79 Å². The number of hydrogen-bond donors (Lipinski definition) is 0. The van der Waals surface area contributed by atoms with Crippen LogP contribution in [0.5, 0.6) is 0 Å². The summed E-state index contributed by atoms with van der Waals surface area (Å²) < 4.78 is 5.17. The Labute approximate surface area is 99.1 Å². The van der Waals surface area contributed by atoms with E-state index >= 15 is 0 Å². The molecule has 1 heterocycles. The van der Waals surface area contributed by atoms with Gasteiger partial charge in [-0.3, -0.25) is 9.69 Å². The largest absolute Gasteiger partial charge is 0.465 e. The van der Waals surface area contributed by atoms with Crippen LogP contribution < -0.4 is 0 Å². The number of ether oxygens (including phenoxy) is 1. The fourth-order valence-electron chi connectivity index (χ4n) is 2.37. The minimum absolute atomic E-state index is 0.00282. The highest BCUT2D eigenvalue weighted by atomic mass is 16.5. The first kappa shape index (κ1) is 13.5. The number of hydrogen-bond acceptors (Lipinski definition) is 3. The van der Waals surface area contributed by atoms with Crippen molar-refractivity contribution in [2.45, 2.75) is 58.4 Å². The van der Waals surface area contributed by atoms with E-state index in [1.54, 1.807) is 0 Å². The lowest BCUT2D eigenvalue weighted by atomic mass is 10.1. The van der Waals surface area contributed by atoms with E-state index in [1.807, 2.05) is 6.92 Å². The van der Waals surface area contributed by atoms with E-state index in [0.717, 1.165) is 25.9 Å². The van der Waals surface area contributed by atoms with Gasteiger partial charge in [-0.15, -0.1) is 0 Å². The molecule has 16 heavy (non-hydrogen) atoms. The predicted octanol–water partition coefficient (Wildman–Crippen LogP) is 2.59. The SMILES string of the molecule is CCCC(C(=O)OCC)N1CCCCCC1. The van der Waals surface area contributed by atoms with Gasteiger partial charge < -0.3 is 4.74 Å². The molecule has 94 valence electrons. The molecule has 0 bridgehead atoms. The topological polar surface area (TPSA) is 29.5 Å². The molecule has 0 aliphatic carbocycles. The van der Waals surface area contributed by atoms with Crippen molar-refractivity contribution in [3.05, 3.63) is 0 Å². The fraction of sp³-hybridized carbons (Fsp3) is 0.923. The Morgan fingerprint density at radius 2 is 1.81 bits per heavy atom. The summed E-state index contributed by atoms with van der Waals surface area (Å²) in [7, 11) is 0. The molecule has 0 radical (unpaired) electrons. The summed E-state index contributed by atoms with van der Waals surface area (Å²) in [6.07, 6.45) is 7.02. The maximum atomic E-state index is 11.9.